The summed E-state index contributed by atoms with van der Waals surface area (Å²) in [6, 6.07) is 8.08. The average Bonchev–Trinajstić information content (AvgIpc) is 2.85. The summed E-state index contributed by atoms with van der Waals surface area (Å²) in [6.45, 7) is 8.81. The minimum absolute atomic E-state index is 0.287. The van der Waals surface area contributed by atoms with Crippen LogP contribution in [0.3, 0.4) is 0 Å². The number of nitrogens with one attached hydrogen (secondary N) is 2. The number of hydrogen-bond donors (Lipinski definition) is 2. The molecule has 1 aromatic heterocycles. The van der Waals surface area contributed by atoms with Crippen LogP contribution in [0.5, 0.6) is 0 Å². The number of nitrogens with zero attached hydrogens (tertiary/aromatic N) is 2. The highest BCUT2D eigenvalue weighted by atomic mass is 16.2. The van der Waals surface area contributed by atoms with Crippen LogP contribution in [0.1, 0.15) is 30.5 Å². The molecule has 0 aliphatic carbocycles. The van der Waals surface area contributed by atoms with E-state index in [0.717, 1.165) is 16.7 Å². The Balaban J connectivity index is 2.09. The average molecular weight is 328 g/mol. The molecule has 2 rings (SSSR count). The van der Waals surface area contributed by atoms with Gasteiger partial charge in [0.2, 0.25) is 0 Å². The van der Waals surface area contributed by atoms with E-state index in [4.69, 9.17) is 0 Å². The molecule has 0 fully saturated rings. The molecule has 0 radical (unpaired) electrons. The van der Waals surface area contributed by atoms with E-state index >= 15 is 0 Å². The fourth-order valence-corrected chi connectivity index (χ4v) is 2.29. The Morgan fingerprint density at radius 3 is 2.62 bits per heavy atom. The molecule has 6 heteroatoms. The van der Waals surface area contributed by atoms with Crippen LogP contribution in [0.4, 0.5) is 5.82 Å². The first-order valence-corrected chi connectivity index (χ1v) is 8.04. The Bertz CT molecular complexity index is 734. The van der Waals surface area contributed by atoms with Crippen LogP contribution in [-0.4, -0.2) is 28.1 Å². The Labute approximate surface area is 142 Å². The van der Waals surface area contributed by atoms with Gasteiger partial charge in [-0.15, -0.1) is 0 Å². The van der Waals surface area contributed by atoms with Crippen LogP contribution >= 0.6 is 0 Å². The summed E-state index contributed by atoms with van der Waals surface area (Å²) in [5.74, 6) is -0.479. The lowest BCUT2D eigenvalue weighted by Crippen LogP contribution is -2.37. The molecule has 128 valence electrons. The molecule has 2 N–H and O–H groups in total. The summed E-state index contributed by atoms with van der Waals surface area (Å²) < 4.78 is 1.69. The standard InChI is InChI=1S/C18H24N4O2/c1-12(2)9-19-17(23)18(24)21-16-14(4)10-20-22(16)11-15-7-5-6-13(3)8-15/h5-8,10,12H,9,11H2,1-4H3,(H,19,23)(H,21,24). The molecule has 1 heterocycles. The van der Waals surface area contributed by atoms with Gasteiger partial charge in [-0.2, -0.15) is 5.10 Å². The summed E-state index contributed by atoms with van der Waals surface area (Å²) >= 11 is 0. The second-order valence-electron chi connectivity index (χ2n) is 6.38. The zero-order valence-electron chi connectivity index (χ0n) is 14.6. The lowest BCUT2D eigenvalue weighted by Gasteiger charge is -2.11. The number of hydrogen-bond acceptors (Lipinski definition) is 3. The number of anilines is 1. The minimum Gasteiger partial charge on any atom is -0.348 e. The van der Waals surface area contributed by atoms with Crippen LogP contribution in [-0.2, 0) is 16.1 Å². The van der Waals surface area contributed by atoms with Gasteiger partial charge >= 0.3 is 11.8 Å². The third-order valence-corrected chi connectivity index (χ3v) is 3.55. The molecular weight excluding hydrogens is 304 g/mol. The van der Waals surface area contributed by atoms with E-state index < -0.39 is 11.8 Å². The highest BCUT2D eigenvalue weighted by Crippen LogP contribution is 2.16. The fourth-order valence-electron chi connectivity index (χ4n) is 2.29. The second kappa shape index (κ2) is 7.77. The van der Waals surface area contributed by atoms with Crippen molar-refractivity contribution in [3.05, 3.63) is 47.2 Å². The van der Waals surface area contributed by atoms with E-state index in [0.29, 0.717) is 18.9 Å². The normalized spacial score (nSPS) is 10.7. The molecule has 0 bridgehead atoms. The van der Waals surface area contributed by atoms with Crippen molar-refractivity contribution < 1.29 is 9.59 Å². The van der Waals surface area contributed by atoms with Crippen molar-refractivity contribution in [3.63, 3.8) is 0 Å². The summed E-state index contributed by atoms with van der Waals surface area (Å²) in [6.07, 6.45) is 1.68. The van der Waals surface area contributed by atoms with E-state index in [1.165, 1.54) is 0 Å². The molecule has 24 heavy (non-hydrogen) atoms. The highest BCUT2D eigenvalue weighted by Gasteiger charge is 2.17. The predicted molar refractivity (Wildman–Crippen MR) is 93.7 cm³/mol. The van der Waals surface area contributed by atoms with Gasteiger partial charge in [-0.1, -0.05) is 43.7 Å². The van der Waals surface area contributed by atoms with Crippen molar-refractivity contribution in [2.75, 3.05) is 11.9 Å². The number of carbonyl (C=O) groups excluding carboxylic acids is 2. The largest absolute Gasteiger partial charge is 0.348 e. The zero-order chi connectivity index (χ0) is 17.7. The van der Waals surface area contributed by atoms with Crippen molar-refractivity contribution in [1.82, 2.24) is 15.1 Å². The molecular formula is C18H24N4O2. The third kappa shape index (κ3) is 4.68. The second-order valence-corrected chi connectivity index (χ2v) is 6.38. The van der Waals surface area contributed by atoms with Crippen LogP contribution in [0.2, 0.25) is 0 Å². The highest BCUT2D eigenvalue weighted by molar-refractivity contribution is 6.39. The van der Waals surface area contributed by atoms with Gasteiger partial charge in [0.1, 0.15) is 5.82 Å². The first-order chi connectivity index (χ1) is 11.4. The number of aromatic nitrogens is 2. The first kappa shape index (κ1) is 17.7. The molecule has 0 atom stereocenters. The topological polar surface area (TPSA) is 76.0 Å². The van der Waals surface area contributed by atoms with Crippen molar-refractivity contribution >= 4 is 17.6 Å². The van der Waals surface area contributed by atoms with E-state index in [1.807, 2.05) is 45.9 Å². The third-order valence-electron chi connectivity index (χ3n) is 3.55. The smallest absolute Gasteiger partial charge is 0.314 e. The van der Waals surface area contributed by atoms with Crippen molar-refractivity contribution in [3.8, 4) is 0 Å². The Morgan fingerprint density at radius 2 is 1.96 bits per heavy atom. The summed E-state index contributed by atoms with van der Waals surface area (Å²) in [4.78, 5) is 23.9. The Morgan fingerprint density at radius 1 is 1.21 bits per heavy atom. The van der Waals surface area contributed by atoms with Gasteiger partial charge in [0, 0.05) is 12.1 Å². The van der Waals surface area contributed by atoms with Crippen LogP contribution < -0.4 is 10.6 Å². The molecule has 1 aromatic carbocycles. The number of benzene rings is 1. The quantitative estimate of drug-likeness (QED) is 0.827. The maximum atomic E-state index is 12.1. The predicted octanol–water partition coefficient (Wildman–Crippen LogP) is 2.26. The van der Waals surface area contributed by atoms with Gasteiger partial charge in [-0.25, -0.2) is 4.68 Å². The molecule has 0 saturated heterocycles. The first-order valence-electron chi connectivity index (χ1n) is 8.04. The number of carbonyl (C=O) groups is 2. The lowest BCUT2D eigenvalue weighted by molar-refractivity contribution is -0.136. The monoisotopic (exact) mass is 328 g/mol. The van der Waals surface area contributed by atoms with E-state index in [2.05, 4.69) is 21.8 Å². The molecule has 2 aromatic rings. The van der Waals surface area contributed by atoms with E-state index in [9.17, 15) is 9.59 Å². The molecule has 0 aliphatic heterocycles. The van der Waals surface area contributed by atoms with E-state index in [1.54, 1.807) is 10.9 Å². The molecule has 0 unspecified atom stereocenters. The van der Waals surface area contributed by atoms with Crippen molar-refractivity contribution in [2.45, 2.75) is 34.2 Å². The number of amides is 2. The SMILES string of the molecule is Cc1cccc(Cn2ncc(C)c2NC(=O)C(=O)NCC(C)C)c1. The zero-order valence-corrected chi connectivity index (χ0v) is 14.6. The summed E-state index contributed by atoms with van der Waals surface area (Å²) in [5, 5.41) is 9.57. The maximum Gasteiger partial charge on any atom is 0.314 e. The summed E-state index contributed by atoms with van der Waals surface area (Å²) in [7, 11) is 0. The van der Waals surface area contributed by atoms with Crippen molar-refractivity contribution in [2.24, 2.45) is 5.92 Å². The lowest BCUT2D eigenvalue weighted by atomic mass is 10.1. The number of rotatable bonds is 5. The summed E-state index contributed by atoms with van der Waals surface area (Å²) in [5.41, 5.74) is 3.06. The fraction of sp³-hybridized carbons (Fsp3) is 0.389. The molecule has 6 nitrogen and oxygen atoms in total. The minimum atomic E-state index is -0.676. The van der Waals surface area contributed by atoms with Gasteiger partial charge in [-0.05, 0) is 25.3 Å². The number of aryl methyl sites for hydroxylation is 2. The van der Waals surface area contributed by atoms with E-state index in [-0.39, 0.29) is 5.92 Å². The molecule has 0 saturated carbocycles. The molecule has 0 spiro atoms. The van der Waals surface area contributed by atoms with Gasteiger partial charge in [0.05, 0.1) is 12.7 Å². The Hall–Kier alpha value is -2.63. The van der Waals surface area contributed by atoms with Crippen molar-refractivity contribution in [1.29, 1.82) is 0 Å². The van der Waals surface area contributed by atoms with Gasteiger partial charge in [-0.3, -0.25) is 9.59 Å². The van der Waals surface area contributed by atoms with Gasteiger partial charge < -0.3 is 10.6 Å². The Kier molecular flexibility index (Phi) is 5.73. The maximum absolute atomic E-state index is 12.1. The van der Waals surface area contributed by atoms with Crippen LogP contribution in [0, 0.1) is 19.8 Å². The van der Waals surface area contributed by atoms with Gasteiger partial charge in [0.15, 0.2) is 0 Å². The molecule has 2 amide bonds. The van der Waals surface area contributed by atoms with Crippen LogP contribution in [0.15, 0.2) is 30.5 Å². The molecule has 0 aliphatic rings. The van der Waals surface area contributed by atoms with Crippen LogP contribution in [0.25, 0.3) is 0 Å². The van der Waals surface area contributed by atoms with Gasteiger partial charge in [0.25, 0.3) is 0 Å².